The minimum absolute atomic E-state index is 0.717. The van der Waals surface area contributed by atoms with Gasteiger partial charge in [0.15, 0.2) is 6.29 Å². The van der Waals surface area contributed by atoms with Gasteiger partial charge in [0, 0.05) is 17.8 Å². The average molecular weight is 153 g/mol. The number of allylic oxidation sites excluding steroid dienone is 2. The summed E-state index contributed by atoms with van der Waals surface area (Å²) in [4.78, 5) is 14.6. The molecule has 62 valence electrons. The highest BCUT2D eigenvalue weighted by Crippen LogP contribution is 1.96. The number of hydrogen-bond donors (Lipinski definition) is 0. The monoisotopic (exact) mass is 153 g/mol. The third-order valence-electron chi connectivity index (χ3n) is 1.36. The molecule has 0 heterocycles. The molecule has 0 radical (unpaired) electrons. The first kappa shape index (κ1) is 10.1. The van der Waals surface area contributed by atoms with Gasteiger partial charge in [-0.1, -0.05) is 13.0 Å². The summed E-state index contributed by atoms with van der Waals surface area (Å²) in [6, 6.07) is 0. The fraction of sp³-hybridized carbons (Fsp3) is 0.556. The minimum atomic E-state index is 0.717. The van der Waals surface area contributed by atoms with Gasteiger partial charge >= 0.3 is 0 Å². The molecule has 0 bridgehead atoms. The number of nitrogens with zero attached hydrogens (tertiary/aromatic N) is 1. The first-order chi connectivity index (χ1) is 5.26. The molecule has 0 aliphatic heterocycles. The maximum absolute atomic E-state index is 10.5. The van der Waals surface area contributed by atoms with E-state index in [-0.39, 0.29) is 0 Å². The van der Waals surface area contributed by atoms with Crippen molar-refractivity contribution in [3.63, 3.8) is 0 Å². The van der Waals surface area contributed by atoms with Crippen LogP contribution in [0.1, 0.15) is 27.2 Å². The van der Waals surface area contributed by atoms with E-state index in [1.807, 2.05) is 26.8 Å². The highest BCUT2D eigenvalue weighted by atomic mass is 16.1. The summed E-state index contributed by atoms with van der Waals surface area (Å²) in [5.74, 6) is 0. The fourth-order valence-electron chi connectivity index (χ4n) is 0.829. The number of aldehydes is 1. The van der Waals surface area contributed by atoms with Gasteiger partial charge < -0.3 is 0 Å². The largest absolute Gasteiger partial charge is 0.298 e. The lowest BCUT2D eigenvalue weighted by Gasteiger charge is -1.96. The molecule has 0 spiro atoms. The predicted molar refractivity (Wildman–Crippen MR) is 48.1 cm³/mol. The molecule has 2 nitrogen and oxygen atoms in total. The molecule has 0 aliphatic carbocycles. The van der Waals surface area contributed by atoms with Crippen LogP contribution in [-0.2, 0) is 4.79 Å². The zero-order chi connectivity index (χ0) is 8.69. The van der Waals surface area contributed by atoms with Crippen LogP contribution in [-0.4, -0.2) is 18.5 Å². The van der Waals surface area contributed by atoms with Crippen LogP contribution in [0.15, 0.2) is 16.6 Å². The molecular weight excluding hydrogens is 138 g/mol. The molecule has 0 aliphatic rings. The lowest BCUT2D eigenvalue weighted by Crippen LogP contribution is -1.99. The Morgan fingerprint density at radius 1 is 1.45 bits per heavy atom. The van der Waals surface area contributed by atoms with Gasteiger partial charge in [-0.2, -0.15) is 0 Å². The van der Waals surface area contributed by atoms with Gasteiger partial charge in [-0.3, -0.25) is 9.79 Å². The van der Waals surface area contributed by atoms with Crippen LogP contribution in [0.3, 0.4) is 0 Å². The van der Waals surface area contributed by atoms with Gasteiger partial charge in [-0.05, 0) is 20.3 Å². The Bertz CT molecular complexity index is 180. The van der Waals surface area contributed by atoms with Crippen molar-refractivity contribution in [1.29, 1.82) is 0 Å². The van der Waals surface area contributed by atoms with Crippen molar-refractivity contribution in [2.45, 2.75) is 27.2 Å². The number of carbonyl (C=O) groups excluding carboxylic acids is 1. The topological polar surface area (TPSA) is 29.4 Å². The molecule has 0 aromatic carbocycles. The summed E-state index contributed by atoms with van der Waals surface area (Å²) >= 11 is 0. The van der Waals surface area contributed by atoms with Gasteiger partial charge in [0.1, 0.15) is 0 Å². The van der Waals surface area contributed by atoms with Gasteiger partial charge in [-0.15, -0.1) is 0 Å². The quantitative estimate of drug-likeness (QED) is 0.345. The zero-order valence-electron chi connectivity index (χ0n) is 7.42. The molecule has 0 N–H and O–H groups in total. The maximum atomic E-state index is 10.5. The fourth-order valence-corrected chi connectivity index (χ4v) is 0.829. The van der Waals surface area contributed by atoms with Crippen LogP contribution < -0.4 is 0 Å². The first-order valence-corrected chi connectivity index (χ1v) is 3.93. The Morgan fingerprint density at radius 2 is 2.09 bits per heavy atom. The van der Waals surface area contributed by atoms with Crippen LogP contribution in [0.2, 0.25) is 0 Å². The Kier molecular flexibility index (Phi) is 5.35. The van der Waals surface area contributed by atoms with Crippen LogP contribution in [0.4, 0.5) is 0 Å². The normalized spacial score (nSPS) is 13.4. The van der Waals surface area contributed by atoms with E-state index < -0.39 is 0 Å². The SMILES string of the molecule is CC/C=C(C=O)\C(C)=N/CC. The molecule has 11 heavy (non-hydrogen) atoms. The lowest BCUT2D eigenvalue weighted by molar-refractivity contribution is -0.104. The highest BCUT2D eigenvalue weighted by molar-refractivity contribution is 6.13. The Labute approximate surface area is 68.0 Å². The van der Waals surface area contributed by atoms with Crippen molar-refractivity contribution < 1.29 is 4.79 Å². The first-order valence-electron chi connectivity index (χ1n) is 3.93. The summed E-state index contributed by atoms with van der Waals surface area (Å²) < 4.78 is 0. The van der Waals surface area contributed by atoms with Crippen LogP contribution in [0, 0.1) is 0 Å². The second kappa shape index (κ2) is 5.83. The second-order valence-electron chi connectivity index (χ2n) is 2.25. The van der Waals surface area contributed by atoms with Gasteiger partial charge in [-0.25, -0.2) is 0 Å². The summed E-state index contributed by atoms with van der Waals surface area (Å²) in [7, 11) is 0. The number of carbonyl (C=O) groups is 1. The van der Waals surface area contributed by atoms with Gasteiger partial charge in [0.05, 0.1) is 0 Å². The Morgan fingerprint density at radius 3 is 2.45 bits per heavy atom. The van der Waals surface area contributed by atoms with E-state index in [1.54, 1.807) is 0 Å². The molecule has 2 heteroatoms. The van der Waals surface area contributed by atoms with Crippen LogP contribution in [0.25, 0.3) is 0 Å². The summed E-state index contributed by atoms with van der Waals surface area (Å²) in [5, 5.41) is 0. The second-order valence-corrected chi connectivity index (χ2v) is 2.25. The molecule has 0 atom stereocenters. The smallest absolute Gasteiger partial charge is 0.151 e. The number of aliphatic imine (C=N–C) groups is 1. The molecule has 0 unspecified atom stereocenters. The van der Waals surface area contributed by atoms with Crippen LogP contribution >= 0.6 is 0 Å². The predicted octanol–water partition coefficient (Wildman–Crippen LogP) is 2.00. The van der Waals surface area contributed by atoms with Crippen molar-refractivity contribution in [1.82, 2.24) is 0 Å². The lowest BCUT2D eigenvalue weighted by atomic mass is 10.1. The van der Waals surface area contributed by atoms with E-state index in [0.29, 0.717) is 5.57 Å². The van der Waals surface area contributed by atoms with E-state index in [1.165, 1.54) is 0 Å². The van der Waals surface area contributed by atoms with Crippen molar-refractivity contribution in [2.75, 3.05) is 6.54 Å². The molecular formula is C9H15NO. The van der Waals surface area contributed by atoms with Crippen LogP contribution in [0.5, 0.6) is 0 Å². The highest BCUT2D eigenvalue weighted by Gasteiger charge is 1.96. The van der Waals surface area contributed by atoms with Crippen molar-refractivity contribution >= 4 is 12.0 Å². The molecule has 0 fully saturated rings. The van der Waals surface area contributed by atoms with E-state index in [0.717, 1.165) is 25.0 Å². The number of hydrogen-bond acceptors (Lipinski definition) is 2. The van der Waals surface area contributed by atoms with E-state index in [4.69, 9.17) is 0 Å². The molecule has 0 rings (SSSR count). The third kappa shape index (κ3) is 3.71. The van der Waals surface area contributed by atoms with Gasteiger partial charge in [0.25, 0.3) is 0 Å². The Hall–Kier alpha value is -0.920. The number of rotatable bonds is 4. The summed E-state index contributed by atoms with van der Waals surface area (Å²) in [6.07, 6.45) is 3.63. The van der Waals surface area contributed by atoms with E-state index in [9.17, 15) is 4.79 Å². The molecule has 0 saturated carbocycles. The average Bonchev–Trinajstić information content (AvgIpc) is 2.00. The summed E-state index contributed by atoms with van der Waals surface area (Å²) in [6.45, 7) is 6.56. The zero-order valence-corrected chi connectivity index (χ0v) is 7.42. The third-order valence-corrected chi connectivity index (χ3v) is 1.36. The molecule has 0 aromatic heterocycles. The van der Waals surface area contributed by atoms with Gasteiger partial charge in [0.2, 0.25) is 0 Å². The minimum Gasteiger partial charge on any atom is -0.298 e. The van der Waals surface area contributed by atoms with E-state index >= 15 is 0 Å². The molecule has 0 amide bonds. The van der Waals surface area contributed by atoms with E-state index in [2.05, 4.69) is 4.99 Å². The molecule has 0 aromatic rings. The maximum Gasteiger partial charge on any atom is 0.151 e. The standard InChI is InChI=1S/C9H15NO/c1-4-6-9(7-11)8(3)10-5-2/h6-7H,4-5H2,1-3H3/b9-6-,10-8-. The van der Waals surface area contributed by atoms with Crippen molar-refractivity contribution in [3.8, 4) is 0 Å². The molecule has 0 saturated heterocycles. The summed E-state index contributed by atoms with van der Waals surface area (Å²) in [5.41, 5.74) is 1.55. The van der Waals surface area contributed by atoms with Crippen molar-refractivity contribution in [2.24, 2.45) is 4.99 Å². The van der Waals surface area contributed by atoms with Crippen molar-refractivity contribution in [3.05, 3.63) is 11.6 Å². The Balaban J connectivity index is 4.37.